The maximum Gasteiger partial charge on any atom is 0.420 e. The van der Waals surface area contributed by atoms with Crippen molar-refractivity contribution in [1.29, 1.82) is 0 Å². The van der Waals surface area contributed by atoms with E-state index >= 15 is 0 Å². The van der Waals surface area contributed by atoms with Gasteiger partial charge in [-0.2, -0.15) is 4.90 Å². The third-order valence-electron chi connectivity index (χ3n) is 2.52. The molecule has 1 aliphatic rings. The number of nitrogens with zero attached hydrogens (tertiary/aromatic N) is 1. The summed E-state index contributed by atoms with van der Waals surface area (Å²) in [5.74, 6) is 4.71. The Morgan fingerprint density at radius 1 is 1.50 bits per heavy atom. The molecule has 0 aromatic rings. The number of ether oxygens (including phenoxy) is 1. The molecule has 1 aliphatic heterocycles. The fourth-order valence-electron chi connectivity index (χ4n) is 1.60. The monoisotopic (exact) mass is 279 g/mol. The largest absolute Gasteiger partial charge is 0.443 e. The Morgan fingerprint density at radius 3 is 2.70 bits per heavy atom. The fraction of sp³-hybridized carbons (Fsp3) is 0.600. The van der Waals surface area contributed by atoms with Gasteiger partial charge in [0.2, 0.25) is 5.72 Å². The van der Waals surface area contributed by atoms with Gasteiger partial charge in [-0.15, -0.1) is 0 Å². The molecule has 0 radical (unpaired) electrons. The Morgan fingerprint density at radius 2 is 2.15 bits per heavy atom. The van der Waals surface area contributed by atoms with E-state index in [1.807, 2.05) is 6.92 Å². The quantitative estimate of drug-likeness (QED) is 0.621. The van der Waals surface area contributed by atoms with Crippen LogP contribution in [0.2, 0.25) is 0 Å². The van der Waals surface area contributed by atoms with Crippen molar-refractivity contribution >= 4 is 12.0 Å². The Kier molecular flexibility index (Phi) is 4.96. The van der Waals surface area contributed by atoms with Gasteiger partial charge in [-0.05, 0) is 39.2 Å². The first kappa shape index (κ1) is 16.3. The number of hydrogen-bond donors (Lipinski definition) is 1. The first-order chi connectivity index (χ1) is 9.19. The standard InChI is InChI=1S/C15H21NO4/c1-5-6-7-8-10-15(19)11-9-12(17)16(15)13(18)20-14(2,3)4/h9,11,19H,5-7H2,1-4H3. The van der Waals surface area contributed by atoms with Gasteiger partial charge in [0.25, 0.3) is 5.91 Å². The Hall–Kier alpha value is -1.80. The number of aliphatic hydroxyl groups is 1. The van der Waals surface area contributed by atoms with Crippen molar-refractivity contribution in [3.63, 3.8) is 0 Å². The van der Waals surface area contributed by atoms with E-state index in [0.717, 1.165) is 18.9 Å². The molecule has 1 heterocycles. The number of hydrogen-bond acceptors (Lipinski definition) is 4. The zero-order valence-corrected chi connectivity index (χ0v) is 12.4. The normalized spacial score (nSPS) is 21.6. The molecular weight excluding hydrogens is 258 g/mol. The van der Waals surface area contributed by atoms with Crippen LogP contribution >= 0.6 is 0 Å². The molecule has 0 bridgehead atoms. The zero-order chi connectivity index (χ0) is 15.4. The lowest BCUT2D eigenvalue weighted by atomic mass is 10.2. The van der Waals surface area contributed by atoms with E-state index < -0.39 is 23.3 Å². The van der Waals surface area contributed by atoms with Crippen molar-refractivity contribution < 1.29 is 19.4 Å². The molecule has 0 aromatic heterocycles. The Bertz CT molecular complexity index is 478. The second kappa shape index (κ2) is 6.10. The lowest BCUT2D eigenvalue weighted by Gasteiger charge is -2.29. The van der Waals surface area contributed by atoms with Crippen LogP contribution in [0.3, 0.4) is 0 Å². The number of rotatable bonds is 2. The van der Waals surface area contributed by atoms with Crippen molar-refractivity contribution in [2.45, 2.75) is 58.3 Å². The van der Waals surface area contributed by atoms with Crippen molar-refractivity contribution in [1.82, 2.24) is 4.90 Å². The Labute approximate surface area is 119 Å². The van der Waals surface area contributed by atoms with Gasteiger partial charge in [0.15, 0.2) is 0 Å². The minimum Gasteiger partial charge on any atom is -0.443 e. The van der Waals surface area contributed by atoms with Crippen LogP contribution in [0.1, 0.15) is 47.0 Å². The average molecular weight is 279 g/mol. The van der Waals surface area contributed by atoms with Crippen LogP contribution in [0.25, 0.3) is 0 Å². The van der Waals surface area contributed by atoms with E-state index in [0.29, 0.717) is 11.3 Å². The summed E-state index contributed by atoms with van der Waals surface area (Å²) in [4.78, 5) is 24.3. The molecular formula is C15H21NO4. The molecule has 1 unspecified atom stereocenters. The molecule has 0 saturated carbocycles. The highest BCUT2D eigenvalue weighted by Crippen LogP contribution is 2.23. The molecule has 1 atom stereocenters. The molecule has 110 valence electrons. The number of carbonyl (C=O) groups is 2. The number of imide groups is 1. The van der Waals surface area contributed by atoms with E-state index in [1.54, 1.807) is 20.8 Å². The maximum absolute atomic E-state index is 12.0. The van der Waals surface area contributed by atoms with Gasteiger partial charge < -0.3 is 9.84 Å². The summed E-state index contributed by atoms with van der Waals surface area (Å²) in [7, 11) is 0. The molecule has 20 heavy (non-hydrogen) atoms. The van der Waals surface area contributed by atoms with Gasteiger partial charge in [0.1, 0.15) is 5.60 Å². The highest BCUT2D eigenvalue weighted by atomic mass is 16.6. The van der Waals surface area contributed by atoms with Crippen LogP contribution in [0.15, 0.2) is 12.2 Å². The maximum atomic E-state index is 12.0. The molecule has 5 heteroatoms. The number of carbonyl (C=O) groups excluding carboxylic acids is 2. The molecule has 0 aliphatic carbocycles. The third-order valence-corrected chi connectivity index (χ3v) is 2.52. The summed E-state index contributed by atoms with van der Waals surface area (Å²) in [6.45, 7) is 7.09. The van der Waals surface area contributed by atoms with Gasteiger partial charge in [0.05, 0.1) is 0 Å². The fourth-order valence-corrected chi connectivity index (χ4v) is 1.60. The van der Waals surface area contributed by atoms with E-state index in [-0.39, 0.29) is 0 Å². The van der Waals surface area contributed by atoms with Crippen LogP contribution in [0.4, 0.5) is 4.79 Å². The second-order valence-corrected chi connectivity index (χ2v) is 5.62. The molecule has 1 N–H and O–H groups in total. The third kappa shape index (κ3) is 4.10. The van der Waals surface area contributed by atoms with Crippen LogP contribution in [-0.4, -0.2) is 33.3 Å². The van der Waals surface area contributed by atoms with Crippen LogP contribution in [-0.2, 0) is 9.53 Å². The second-order valence-electron chi connectivity index (χ2n) is 5.62. The molecule has 0 spiro atoms. The highest BCUT2D eigenvalue weighted by Gasteiger charge is 2.44. The van der Waals surface area contributed by atoms with Crippen LogP contribution in [0, 0.1) is 11.8 Å². The molecule has 0 saturated heterocycles. The van der Waals surface area contributed by atoms with Crippen molar-refractivity contribution in [3.05, 3.63) is 12.2 Å². The topological polar surface area (TPSA) is 66.8 Å². The van der Waals surface area contributed by atoms with Gasteiger partial charge >= 0.3 is 6.09 Å². The van der Waals surface area contributed by atoms with Crippen molar-refractivity contribution in [2.24, 2.45) is 0 Å². The lowest BCUT2D eigenvalue weighted by molar-refractivity contribution is -0.133. The van der Waals surface area contributed by atoms with Crippen LogP contribution in [0.5, 0.6) is 0 Å². The highest BCUT2D eigenvalue weighted by molar-refractivity contribution is 6.02. The van der Waals surface area contributed by atoms with Crippen molar-refractivity contribution in [3.8, 4) is 11.8 Å². The van der Waals surface area contributed by atoms with Gasteiger partial charge in [-0.25, -0.2) is 4.79 Å². The van der Waals surface area contributed by atoms with Crippen LogP contribution < -0.4 is 0 Å². The first-order valence-electron chi connectivity index (χ1n) is 6.68. The lowest BCUT2D eigenvalue weighted by Crippen LogP contribution is -2.50. The molecule has 5 nitrogen and oxygen atoms in total. The summed E-state index contributed by atoms with van der Waals surface area (Å²) in [6.07, 6.45) is 3.91. The molecule has 2 amide bonds. The SMILES string of the molecule is CCCCC#CC1(O)C=CC(=O)N1C(=O)OC(C)(C)C. The van der Waals surface area contributed by atoms with Gasteiger partial charge in [-0.3, -0.25) is 4.79 Å². The summed E-state index contributed by atoms with van der Waals surface area (Å²) in [5.41, 5.74) is -2.66. The molecule has 0 aromatic carbocycles. The average Bonchev–Trinajstić information content (AvgIpc) is 2.59. The van der Waals surface area contributed by atoms with E-state index in [9.17, 15) is 14.7 Å². The minimum absolute atomic E-state index is 0.600. The summed E-state index contributed by atoms with van der Waals surface area (Å²) < 4.78 is 5.11. The number of unbranched alkanes of at least 4 members (excludes halogenated alkanes) is 2. The van der Waals surface area contributed by atoms with E-state index in [2.05, 4.69) is 11.8 Å². The van der Waals surface area contributed by atoms with Crippen molar-refractivity contribution in [2.75, 3.05) is 0 Å². The summed E-state index contributed by atoms with van der Waals surface area (Å²) >= 11 is 0. The summed E-state index contributed by atoms with van der Waals surface area (Å²) in [5, 5.41) is 10.3. The van der Waals surface area contributed by atoms with Gasteiger partial charge in [-0.1, -0.05) is 19.3 Å². The number of amides is 2. The summed E-state index contributed by atoms with van der Waals surface area (Å²) in [6, 6.07) is 0. The Balaban J connectivity index is 2.88. The molecule has 0 fully saturated rings. The zero-order valence-electron chi connectivity index (χ0n) is 12.4. The first-order valence-corrected chi connectivity index (χ1v) is 6.68. The van der Waals surface area contributed by atoms with E-state index in [4.69, 9.17) is 4.74 Å². The van der Waals surface area contributed by atoms with E-state index in [1.165, 1.54) is 6.08 Å². The smallest absolute Gasteiger partial charge is 0.420 e. The predicted octanol–water partition coefficient (Wildman–Crippen LogP) is 2.20. The molecule has 1 rings (SSSR count). The predicted molar refractivity (Wildman–Crippen MR) is 74.5 cm³/mol. The minimum atomic E-state index is -1.91. The van der Waals surface area contributed by atoms with Gasteiger partial charge in [0, 0.05) is 12.5 Å².